The van der Waals surface area contributed by atoms with Crippen LogP contribution in [0.3, 0.4) is 0 Å². The third-order valence-electron chi connectivity index (χ3n) is 3.77. The summed E-state index contributed by atoms with van der Waals surface area (Å²) in [4.78, 5) is 8.58. The maximum absolute atomic E-state index is 4.34. The maximum atomic E-state index is 4.34. The van der Waals surface area contributed by atoms with Crippen LogP contribution < -0.4 is 10.6 Å². The molecule has 2 N–H and O–H groups in total. The first kappa shape index (κ1) is 12.1. The van der Waals surface area contributed by atoms with Crippen LogP contribution in [0.2, 0.25) is 0 Å². The molecule has 1 aromatic heterocycles. The number of anilines is 2. The lowest BCUT2D eigenvalue weighted by atomic mass is 10.1. The van der Waals surface area contributed by atoms with Crippen LogP contribution in [0.1, 0.15) is 32.8 Å². The van der Waals surface area contributed by atoms with Crippen LogP contribution in [0.25, 0.3) is 0 Å². The molecule has 2 rings (SSSR count). The molecule has 1 heterocycles. The molecule has 1 aliphatic rings. The molecule has 17 heavy (non-hydrogen) atoms. The van der Waals surface area contributed by atoms with E-state index >= 15 is 0 Å². The summed E-state index contributed by atoms with van der Waals surface area (Å²) in [6.45, 7) is 7.78. The third-order valence-corrected chi connectivity index (χ3v) is 3.77. The number of nitrogens with zero attached hydrogens (tertiary/aromatic N) is 2. The van der Waals surface area contributed by atoms with Crippen LogP contribution in [0.4, 0.5) is 11.6 Å². The highest BCUT2D eigenvalue weighted by molar-refractivity contribution is 5.57. The van der Waals surface area contributed by atoms with Crippen LogP contribution in [0, 0.1) is 11.3 Å². The molecule has 1 aliphatic carbocycles. The van der Waals surface area contributed by atoms with Crippen molar-refractivity contribution in [3.8, 4) is 0 Å². The van der Waals surface area contributed by atoms with E-state index in [2.05, 4.69) is 41.4 Å². The molecule has 1 atom stereocenters. The molecule has 4 heteroatoms. The van der Waals surface area contributed by atoms with Gasteiger partial charge in [-0.05, 0) is 24.2 Å². The van der Waals surface area contributed by atoms with E-state index < -0.39 is 0 Å². The van der Waals surface area contributed by atoms with Crippen molar-refractivity contribution in [3.05, 3.63) is 11.9 Å². The molecule has 94 valence electrons. The summed E-state index contributed by atoms with van der Waals surface area (Å²) in [6.07, 6.45) is 3.87. The molecule has 1 fully saturated rings. The van der Waals surface area contributed by atoms with E-state index in [0.717, 1.165) is 30.5 Å². The smallest absolute Gasteiger partial charge is 0.134 e. The van der Waals surface area contributed by atoms with E-state index in [1.54, 1.807) is 6.33 Å². The average molecular weight is 234 g/mol. The Labute approximate surface area is 103 Å². The van der Waals surface area contributed by atoms with Gasteiger partial charge in [-0.3, -0.25) is 0 Å². The second-order valence-corrected chi connectivity index (χ2v) is 5.42. The molecule has 1 aromatic rings. The summed E-state index contributed by atoms with van der Waals surface area (Å²) in [5.41, 5.74) is 1.69. The Morgan fingerprint density at radius 3 is 2.53 bits per heavy atom. The van der Waals surface area contributed by atoms with Gasteiger partial charge in [0.15, 0.2) is 0 Å². The van der Waals surface area contributed by atoms with Crippen molar-refractivity contribution in [2.24, 2.45) is 11.3 Å². The standard InChI is InChI=1S/C13H22N4/c1-5-10-11(14-4)16-8-17-12(10)15-7-9-6-13(9,2)3/h8-9H,5-7H2,1-4H3,(H2,14,15,16,17). The van der Waals surface area contributed by atoms with Crippen molar-refractivity contribution >= 4 is 11.6 Å². The van der Waals surface area contributed by atoms with Gasteiger partial charge in [0.05, 0.1) is 0 Å². The number of hydrogen-bond donors (Lipinski definition) is 2. The highest BCUT2D eigenvalue weighted by Crippen LogP contribution is 2.51. The minimum Gasteiger partial charge on any atom is -0.373 e. The van der Waals surface area contributed by atoms with E-state index in [4.69, 9.17) is 0 Å². The zero-order chi connectivity index (χ0) is 12.5. The molecule has 1 unspecified atom stereocenters. The Hall–Kier alpha value is -1.32. The lowest BCUT2D eigenvalue weighted by Gasteiger charge is -2.13. The molecule has 0 saturated heterocycles. The molecule has 0 amide bonds. The first-order valence-electron chi connectivity index (χ1n) is 6.34. The molecule has 0 bridgehead atoms. The van der Waals surface area contributed by atoms with Crippen LogP contribution >= 0.6 is 0 Å². The first-order valence-corrected chi connectivity index (χ1v) is 6.34. The highest BCUT2D eigenvalue weighted by atomic mass is 15.1. The van der Waals surface area contributed by atoms with Crippen molar-refractivity contribution in [1.82, 2.24) is 9.97 Å². The molecule has 4 nitrogen and oxygen atoms in total. The normalized spacial score (nSPS) is 21.1. The Kier molecular flexibility index (Phi) is 3.22. The van der Waals surface area contributed by atoms with Gasteiger partial charge in [0, 0.05) is 19.2 Å². The summed E-state index contributed by atoms with van der Waals surface area (Å²) in [5.74, 6) is 2.69. The second kappa shape index (κ2) is 4.51. The Morgan fingerprint density at radius 2 is 2.00 bits per heavy atom. The lowest BCUT2D eigenvalue weighted by molar-refractivity contribution is 0.572. The van der Waals surface area contributed by atoms with Crippen molar-refractivity contribution in [3.63, 3.8) is 0 Å². The molecular formula is C13H22N4. The predicted octanol–water partition coefficient (Wildman–Crippen LogP) is 2.54. The Morgan fingerprint density at radius 1 is 1.35 bits per heavy atom. The monoisotopic (exact) mass is 234 g/mol. The highest BCUT2D eigenvalue weighted by Gasteiger charge is 2.45. The minimum absolute atomic E-state index is 0.512. The van der Waals surface area contributed by atoms with Crippen molar-refractivity contribution in [2.75, 3.05) is 24.2 Å². The van der Waals surface area contributed by atoms with E-state index in [1.165, 1.54) is 12.0 Å². The topological polar surface area (TPSA) is 49.8 Å². The fourth-order valence-electron chi connectivity index (χ4n) is 2.26. The van der Waals surface area contributed by atoms with Crippen molar-refractivity contribution < 1.29 is 0 Å². The van der Waals surface area contributed by atoms with Crippen LogP contribution in [0.15, 0.2) is 6.33 Å². The van der Waals surface area contributed by atoms with Gasteiger partial charge < -0.3 is 10.6 Å². The van der Waals surface area contributed by atoms with Gasteiger partial charge in [-0.15, -0.1) is 0 Å². The average Bonchev–Trinajstić information content (AvgIpc) is 2.93. The van der Waals surface area contributed by atoms with Gasteiger partial charge in [-0.1, -0.05) is 20.8 Å². The summed E-state index contributed by atoms with van der Waals surface area (Å²) >= 11 is 0. The van der Waals surface area contributed by atoms with E-state index in [0.29, 0.717) is 5.41 Å². The van der Waals surface area contributed by atoms with E-state index in [1.807, 2.05) is 7.05 Å². The van der Waals surface area contributed by atoms with Crippen molar-refractivity contribution in [1.29, 1.82) is 0 Å². The second-order valence-electron chi connectivity index (χ2n) is 5.42. The van der Waals surface area contributed by atoms with Crippen molar-refractivity contribution in [2.45, 2.75) is 33.6 Å². The number of nitrogens with one attached hydrogen (secondary N) is 2. The lowest BCUT2D eigenvalue weighted by Crippen LogP contribution is -2.12. The first-order chi connectivity index (χ1) is 8.08. The van der Waals surface area contributed by atoms with Crippen LogP contribution in [0.5, 0.6) is 0 Å². The Bertz CT molecular complexity index is 400. The van der Waals surface area contributed by atoms with Gasteiger partial charge in [0.2, 0.25) is 0 Å². The summed E-state index contributed by atoms with van der Waals surface area (Å²) in [7, 11) is 1.90. The molecule has 0 aromatic carbocycles. The van der Waals surface area contributed by atoms with Crippen LogP contribution in [-0.2, 0) is 6.42 Å². The zero-order valence-electron chi connectivity index (χ0n) is 11.2. The number of rotatable bonds is 5. The summed E-state index contributed by atoms with van der Waals surface area (Å²) in [5, 5.41) is 6.58. The fraction of sp³-hybridized carbons (Fsp3) is 0.692. The minimum atomic E-state index is 0.512. The molecule has 0 spiro atoms. The molecular weight excluding hydrogens is 212 g/mol. The third kappa shape index (κ3) is 2.51. The quantitative estimate of drug-likeness (QED) is 0.822. The largest absolute Gasteiger partial charge is 0.373 e. The number of aromatic nitrogens is 2. The van der Waals surface area contributed by atoms with Gasteiger partial charge in [-0.25, -0.2) is 9.97 Å². The maximum Gasteiger partial charge on any atom is 0.134 e. The summed E-state index contributed by atoms with van der Waals surface area (Å²) < 4.78 is 0. The Balaban J connectivity index is 2.05. The van der Waals surface area contributed by atoms with E-state index in [9.17, 15) is 0 Å². The fourth-order valence-corrected chi connectivity index (χ4v) is 2.26. The van der Waals surface area contributed by atoms with E-state index in [-0.39, 0.29) is 0 Å². The predicted molar refractivity (Wildman–Crippen MR) is 71.3 cm³/mol. The van der Waals surface area contributed by atoms with Gasteiger partial charge in [0.1, 0.15) is 18.0 Å². The molecule has 1 saturated carbocycles. The van der Waals surface area contributed by atoms with Gasteiger partial charge in [0.25, 0.3) is 0 Å². The number of hydrogen-bond acceptors (Lipinski definition) is 4. The zero-order valence-corrected chi connectivity index (χ0v) is 11.2. The van der Waals surface area contributed by atoms with Crippen LogP contribution in [-0.4, -0.2) is 23.6 Å². The molecule has 0 radical (unpaired) electrons. The van der Waals surface area contributed by atoms with Gasteiger partial charge in [-0.2, -0.15) is 0 Å². The SMILES string of the molecule is CCc1c(NC)ncnc1NCC1CC1(C)C. The summed E-state index contributed by atoms with van der Waals surface area (Å²) in [6, 6.07) is 0. The van der Waals surface area contributed by atoms with Gasteiger partial charge >= 0.3 is 0 Å². The molecule has 0 aliphatic heterocycles.